The number of hydrogen-bond donors (Lipinski definition) is 0. The van der Waals surface area contributed by atoms with Crippen molar-refractivity contribution in [2.75, 3.05) is 20.1 Å². The van der Waals surface area contributed by atoms with E-state index in [4.69, 9.17) is 0 Å². The zero-order valence-corrected chi connectivity index (χ0v) is 15.3. The molecule has 1 fully saturated rings. The van der Waals surface area contributed by atoms with Gasteiger partial charge in [-0.05, 0) is 27.7 Å². The Hall–Kier alpha value is -2.77. The molecule has 0 N–H and O–H groups in total. The largest absolute Gasteiger partial charge is 0.421 e. The average molecular weight is 343 g/mol. The number of aliphatic imine (C=N–C) groups is 1. The van der Waals surface area contributed by atoms with Crippen LogP contribution >= 0.6 is 0 Å². The number of aryl methyl sites for hydroxylation is 1. The molecule has 0 saturated carbocycles. The molecule has 0 aromatic carbocycles. The van der Waals surface area contributed by atoms with Crippen LogP contribution in [-0.2, 0) is 4.79 Å². The fourth-order valence-corrected chi connectivity index (χ4v) is 3.21. The third-order valence-corrected chi connectivity index (χ3v) is 4.88. The normalized spacial score (nSPS) is 20.4. The number of imide groups is 1. The van der Waals surface area contributed by atoms with E-state index in [9.17, 15) is 9.59 Å². The van der Waals surface area contributed by atoms with E-state index in [1.54, 1.807) is 17.8 Å². The first-order chi connectivity index (χ1) is 11.8. The van der Waals surface area contributed by atoms with Crippen molar-refractivity contribution in [1.82, 2.24) is 19.6 Å². The number of rotatable bonds is 3. The zero-order chi connectivity index (χ0) is 18.5. The van der Waals surface area contributed by atoms with Crippen molar-refractivity contribution < 1.29 is 14.2 Å². The topological polar surface area (TPSA) is 73.8 Å². The number of carbonyl (C=O) groups excluding carboxylic acids is 2. The highest BCUT2D eigenvalue weighted by molar-refractivity contribution is 6.23. The maximum absolute atomic E-state index is 12.9. The Kier molecular flexibility index (Phi) is 4.06. The minimum Gasteiger partial charge on any atom is -0.270 e. The Bertz CT molecular complexity index is 848. The summed E-state index contributed by atoms with van der Waals surface area (Å²) in [6.07, 6.45) is 1.55. The van der Waals surface area contributed by atoms with E-state index in [2.05, 4.69) is 16.7 Å². The summed E-state index contributed by atoms with van der Waals surface area (Å²) >= 11 is 0. The minimum absolute atomic E-state index is 0.178. The van der Waals surface area contributed by atoms with E-state index in [0.29, 0.717) is 18.3 Å². The van der Waals surface area contributed by atoms with Gasteiger partial charge >= 0.3 is 12.0 Å². The van der Waals surface area contributed by atoms with Crippen molar-refractivity contribution in [2.45, 2.75) is 33.7 Å². The first-order valence-corrected chi connectivity index (χ1v) is 8.28. The monoisotopic (exact) mass is 343 g/mol. The van der Waals surface area contributed by atoms with Crippen molar-refractivity contribution in [3.05, 3.63) is 29.6 Å². The van der Waals surface area contributed by atoms with Gasteiger partial charge in [0.1, 0.15) is 5.69 Å². The molecule has 1 unspecified atom stereocenters. The standard InChI is InChI=1S/C17H23N6O2/c1-7-9-22-15(24)13-14(20(6)17(22)25)18-16(21(13)8-2)23-12(5)10(3)11(4)19-23/h7,13H,1,8-9H2,2-6H3/q+1. The second kappa shape index (κ2) is 5.94. The average Bonchev–Trinajstić information content (AvgIpc) is 3.09. The molecule has 1 aromatic rings. The van der Waals surface area contributed by atoms with Crippen molar-refractivity contribution in [2.24, 2.45) is 4.99 Å². The number of amidine groups is 1. The molecule has 132 valence electrons. The predicted octanol–water partition coefficient (Wildman–Crippen LogP) is 0.906. The zero-order valence-electron chi connectivity index (χ0n) is 15.3. The smallest absolute Gasteiger partial charge is 0.270 e. The summed E-state index contributed by atoms with van der Waals surface area (Å²) in [5.74, 6) is 0.735. The van der Waals surface area contributed by atoms with Crippen molar-refractivity contribution >= 4 is 23.7 Å². The molecular weight excluding hydrogens is 320 g/mol. The number of fused-ring (bicyclic) bond motifs is 1. The van der Waals surface area contributed by atoms with Crippen LogP contribution in [0.1, 0.15) is 23.9 Å². The summed E-state index contributed by atoms with van der Waals surface area (Å²) in [6.45, 7) is 12.3. The molecule has 3 amide bonds. The van der Waals surface area contributed by atoms with Gasteiger partial charge in [-0.1, -0.05) is 11.1 Å². The lowest BCUT2D eigenvalue weighted by molar-refractivity contribution is -0.534. The first-order valence-electron chi connectivity index (χ1n) is 8.28. The van der Waals surface area contributed by atoms with Gasteiger partial charge in [-0.15, -0.1) is 16.4 Å². The molecule has 25 heavy (non-hydrogen) atoms. The fraction of sp³-hybridized carbons (Fsp3) is 0.471. The summed E-state index contributed by atoms with van der Waals surface area (Å²) in [5, 5.41) is 4.56. The highest BCUT2D eigenvalue weighted by atomic mass is 16.2. The van der Waals surface area contributed by atoms with Crippen LogP contribution in [0.2, 0.25) is 0 Å². The third-order valence-electron chi connectivity index (χ3n) is 4.88. The second-order valence-corrected chi connectivity index (χ2v) is 6.25. The van der Waals surface area contributed by atoms with Gasteiger partial charge in [0, 0.05) is 19.2 Å². The molecule has 8 nitrogen and oxygen atoms in total. The van der Waals surface area contributed by atoms with Crippen LogP contribution < -0.4 is 0 Å². The van der Waals surface area contributed by atoms with E-state index in [-0.39, 0.29) is 18.5 Å². The van der Waals surface area contributed by atoms with Crippen molar-refractivity contribution in [3.63, 3.8) is 0 Å². The molecule has 0 bridgehead atoms. The molecule has 2 aliphatic rings. The lowest BCUT2D eigenvalue weighted by Gasteiger charge is -2.33. The van der Waals surface area contributed by atoms with Gasteiger partial charge in [0.15, 0.2) is 0 Å². The highest BCUT2D eigenvalue weighted by Gasteiger charge is 2.52. The molecular formula is C17H23N6O2+. The molecule has 0 spiro atoms. The van der Waals surface area contributed by atoms with Crippen LogP contribution in [0.4, 0.5) is 4.79 Å². The van der Waals surface area contributed by atoms with Crippen LogP contribution in [0.3, 0.4) is 0 Å². The molecule has 0 radical (unpaired) electrons. The number of aromatic nitrogens is 2. The number of nitrogens with zero attached hydrogens (tertiary/aromatic N) is 6. The van der Waals surface area contributed by atoms with E-state index in [1.165, 1.54) is 9.80 Å². The van der Waals surface area contributed by atoms with Gasteiger partial charge in [-0.3, -0.25) is 14.6 Å². The number of urea groups is 1. The Labute approximate surface area is 146 Å². The van der Waals surface area contributed by atoms with Crippen LogP contribution in [0.15, 0.2) is 17.6 Å². The van der Waals surface area contributed by atoms with Gasteiger partial charge in [0.2, 0.25) is 11.9 Å². The molecule has 1 aromatic heterocycles. The van der Waals surface area contributed by atoms with E-state index >= 15 is 0 Å². The SMILES string of the molecule is C=CCN1C(=O)C2C(=NC(n3nc(C)c(C)c3C)=[N+]2CC)N(C)C1=O. The summed E-state index contributed by atoms with van der Waals surface area (Å²) in [7, 11) is 1.64. The molecule has 3 heterocycles. The van der Waals surface area contributed by atoms with Gasteiger partial charge in [-0.25, -0.2) is 9.37 Å². The van der Waals surface area contributed by atoms with Crippen LogP contribution in [-0.4, -0.2) is 74.1 Å². The van der Waals surface area contributed by atoms with Gasteiger partial charge in [0.05, 0.1) is 12.2 Å². The Morgan fingerprint density at radius 2 is 1.96 bits per heavy atom. The quantitative estimate of drug-likeness (QED) is 0.605. The number of likely N-dealkylation sites (N-methyl/N-ethyl adjacent to an activating group) is 2. The van der Waals surface area contributed by atoms with Crippen LogP contribution in [0.5, 0.6) is 0 Å². The van der Waals surface area contributed by atoms with Gasteiger partial charge < -0.3 is 0 Å². The van der Waals surface area contributed by atoms with E-state index < -0.39 is 6.04 Å². The molecule has 3 rings (SSSR count). The maximum Gasteiger partial charge on any atom is 0.421 e. The summed E-state index contributed by atoms with van der Waals surface area (Å²) < 4.78 is 3.64. The molecule has 2 aliphatic heterocycles. The van der Waals surface area contributed by atoms with Crippen LogP contribution in [0.25, 0.3) is 0 Å². The van der Waals surface area contributed by atoms with Crippen LogP contribution in [0, 0.1) is 20.8 Å². The Morgan fingerprint density at radius 1 is 1.28 bits per heavy atom. The molecule has 1 atom stereocenters. The fourth-order valence-electron chi connectivity index (χ4n) is 3.21. The van der Waals surface area contributed by atoms with Gasteiger partial charge in [0.25, 0.3) is 5.91 Å². The van der Waals surface area contributed by atoms with Crippen molar-refractivity contribution in [1.29, 1.82) is 0 Å². The maximum atomic E-state index is 12.9. The lowest BCUT2D eigenvalue weighted by Crippen LogP contribution is -2.62. The highest BCUT2D eigenvalue weighted by Crippen LogP contribution is 2.21. The van der Waals surface area contributed by atoms with E-state index in [1.807, 2.05) is 32.3 Å². The Morgan fingerprint density at radius 3 is 2.48 bits per heavy atom. The number of hydrogen-bond acceptors (Lipinski definition) is 4. The third kappa shape index (κ3) is 2.32. The molecule has 8 heteroatoms. The summed E-state index contributed by atoms with van der Waals surface area (Å²) in [5.41, 5.74) is 2.97. The number of carbonyl (C=O) groups is 2. The number of amides is 3. The summed E-state index contributed by atoms with van der Waals surface area (Å²) in [6, 6.07) is -1.01. The Balaban J connectivity index is 2.16. The lowest BCUT2D eigenvalue weighted by atomic mass is 10.1. The molecule has 0 aliphatic carbocycles. The minimum atomic E-state index is -0.619. The second-order valence-electron chi connectivity index (χ2n) is 6.25. The van der Waals surface area contributed by atoms with Gasteiger partial charge in [-0.2, -0.15) is 0 Å². The van der Waals surface area contributed by atoms with Crippen molar-refractivity contribution in [3.8, 4) is 0 Å². The summed E-state index contributed by atoms with van der Waals surface area (Å²) in [4.78, 5) is 32.7. The van der Waals surface area contributed by atoms with E-state index in [0.717, 1.165) is 17.0 Å². The first kappa shape index (κ1) is 17.1. The predicted molar refractivity (Wildman–Crippen MR) is 93.9 cm³/mol. The molecule has 1 saturated heterocycles.